The number of fused-ring (bicyclic) bond motifs is 2. The molecule has 3 rings (SSSR count). The van der Waals surface area contributed by atoms with Gasteiger partial charge in [-0.1, -0.05) is 33.6 Å². The molecule has 0 radical (unpaired) electrons. The minimum Gasteiger partial charge on any atom is -0.310 e. The van der Waals surface area contributed by atoms with Gasteiger partial charge in [0, 0.05) is 40.7 Å². The van der Waals surface area contributed by atoms with Gasteiger partial charge in [0.25, 0.3) is 0 Å². The fraction of sp³-hybridized carbons (Fsp3) is 0.600. The van der Waals surface area contributed by atoms with Crippen molar-refractivity contribution in [1.29, 1.82) is 0 Å². The molecule has 0 spiro atoms. The van der Waals surface area contributed by atoms with Gasteiger partial charge in [0.15, 0.2) is 0 Å². The lowest BCUT2D eigenvalue weighted by Crippen LogP contribution is -2.36. The topological polar surface area (TPSA) is 15.3 Å². The number of benzene rings is 1. The molecule has 19 heavy (non-hydrogen) atoms. The molecule has 2 fully saturated rings. The van der Waals surface area contributed by atoms with E-state index in [1.807, 2.05) is 6.07 Å². The van der Waals surface area contributed by atoms with Crippen LogP contribution in [0.2, 0.25) is 5.02 Å². The van der Waals surface area contributed by atoms with E-state index in [0.717, 1.165) is 22.1 Å². The Morgan fingerprint density at radius 3 is 2.89 bits per heavy atom. The third-order valence-corrected chi connectivity index (χ3v) is 5.34. The zero-order chi connectivity index (χ0) is 13.4. The van der Waals surface area contributed by atoms with Gasteiger partial charge >= 0.3 is 0 Å². The van der Waals surface area contributed by atoms with Crippen LogP contribution in [-0.4, -0.2) is 30.1 Å². The average molecular weight is 344 g/mol. The number of likely N-dealkylation sites (tertiary alicyclic amines) is 1. The highest BCUT2D eigenvalue weighted by molar-refractivity contribution is 9.10. The third-order valence-electron chi connectivity index (χ3n) is 4.51. The highest BCUT2D eigenvalue weighted by atomic mass is 79.9. The lowest BCUT2D eigenvalue weighted by Gasteiger charge is -2.31. The molecule has 2 nitrogen and oxygen atoms in total. The molecular formula is C15H20BrClN2. The smallest absolute Gasteiger partial charge is 0.0464 e. The van der Waals surface area contributed by atoms with E-state index in [1.54, 1.807) is 0 Å². The molecule has 2 bridgehead atoms. The summed E-state index contributed by atoms with van der Waals surface area (Å²) in [6.07, 6.45) is 3.93. The summed E-state index contributed by atoms with van der Waals surface area (Å²) in [5.41, 5.74) is 1.24. The normalized spacial score (nSPS) is 29.2. The van der Waals surface area contributed by atoms with Crippen molar-refractivity contribution in [2.24, 2.45) is 0 Å². The molecule has 0 aliphatic carbocycles. The van der Waals surface area contributed by atoms with Crippen molar-refractivity contribution >= 4 is 27.5 Å². The lowest BCUT2D eigenvalue weighted by atomic mass is 10.0. The predicted octanol–water partition coefficient (Wildman–Crippen LogP) is 3.99. The van der Waals surface area contributed by atoms with Crippen LogP contribution in [0.4, 0.5) is 0 Å². The Labute approximate surface area is 128 Å². The second-order valence-corrected chi connectivity index (χ2v) is 7.09. The Hall–Kier alpha value is -0.0900. The average Bonchev–Trinajstić information content (AvgIpc) is 2.68. The molecule has 1 aromatic carbocycles. The molecule has 0 amide bonds. The van der Waals surface area contributed by atoms with Gasteiger partial charge in [0.05, 0.1) is 0 Å². The molecule has 2 heterocycles. The van der Waals surface area contributed by atoms with E-state index in [0.29, 0.717) is 12.1 Å². The minimum absolute atomic E-state index is 0.391. The summed E-state index contributed by atoms with van der Waals surface area (Å²) in [6.45, 7) is 4.58. The van der Waals surface area contributed by atoms with Gasteiger partial charge in [0.2, 0.25) is 0 Å². The van der Waals surface area contributed by atoms with Crippen LogP contribution in [0.15, 0.2) is 22.7 Å². The van der Waals surface area contributed by atoms with Crippen LogP contribution in [0, 0.1) is 0 Å². The van der Waals surface area contributed by atoms with Gasteiger partial charge in [-0.25, -0.2) is 0 Å². The molecule has 0 aromatic heterocycles. The lowest BCUT2D eigenvalue weighted by molar-refractivity contribution is 0.200. The number of hydrogen-bond donors (Lipinski definition) is 1. The highest BCUT2D eigenvalue weighted by Crippen LogP contribution is 2.32. The molecule has 3 atom stereocenters. The van der Waals surface area contributed by atoms with Crippen LogP contribution in [0.3, 0.4) is 0 Å². The second kappa shape index (κ2) is 5.72. The molecular weight excluding hydrogens is 324 g/mol. The summed E-state index contributed by atoms with van der Waals surface area (Å²) < 4.78 is 1.05. The van der Waals surface area contributed by atoms with E-state index >= 15 is 0 Å². The Morgan fingerprint density at radius 1 is 1.32 bits per heavy atom. The first-order chi connectivity index (χ1) is 9.13. The van der Waals surface area contributed by atoms with Crippen molar-refractivity contribution in [3.8, 4) is 0 Å². The SMILES string of the molecule is CC(c1ccc(Br)cc1Cl)N1CCC2CCC(C1)N2. The summed E-state index contributed by atoms with van der Waals surface area (Å²) in [7, 11) is 0. The van der Waals surface area contributed by atoms with Gasteiger partial charge in [-0.05, 0) is 43.9 Å². The Bertz CT molecular complexity index is 465. The predicted molar refractivity (Wildman–Crippen MR) is 83.7 cm³/mol. The molecule has 1 N–H and O–H groups in total. The molecule has 2 aliphatic heterocycles. The van der Waals surface area contributed by atoms with Gasteiger partial charge in [0.1, 0.15) is 0 Å². The summed E-state index contributed by atoms with van der Waals surface area (Å²) >= 11 is 9.86. The number of hydrogen-bond acceptors (Lipinski definition) is 2. The van der Waals surface area contributed by atoms with Crippen molar-refractivity contribution in [2.45, 2.75) is 44.3 Å². The first kappa shape index (κ1) is 13.9. The molecule has 104 valence electrons. The first-order valence-corrected chi connectivity index (χ1v) is 8.25. The summed E-state index contributed by atoms with van der Waals surface area (Å²) in [5.74, 6) is 0. The summed E-state index contributed by atoms with van der Waals surface area (Å²) in [5, 5.41) is 4.60. The fourth-order valence-corrected chi connectivity index (χ4v) is 4.19. The van der Waals surface area contributed by atoms with Crippen LogP contribution in [0.5, 0.6) is 0 Å². The summed E-state index contributed by atoms with van der Waals surface area (Å²) in [6, 6.07) is 8.02. The van der Waals surface area contributed by atoms with Crippen molar-refractivity contribution < 1.29 is 0 Å². The monoisotopic (exact) mass is 342 g/mol. The molecule has 2 saturated heterocycles. The van der Waals surface area contributed by atoms with E-state index in [9.17, 15) is 0 Å². The largest absolute Gasteiger partial charge is 0.310 e. The molecule has 3 unspecified atom stereocenters. The van der Waals surface area contributed by atoms with Crippen molar-refractivity contribution in [3.63, 3.8) is 0 Å². The van der Waals surface area contributed by atoms with Gasteiger partial charge < -0.3 is 5.32 Å². The van der Waals surface area contributed by atoms with Crippen LogP contribution in [0.1, 0.15) is 37.8 Å². The number of halogens is 2. The number of nitrogens with zero attached hydrogens (tertiary/aromatic N) is 1. The Morgan fingerprint density at radius 2 is 2.11 bits per heavy atom. The molecule has 0 saturated carbocycles. The number of rotatable bonds is 2. The van der Waals surface area contributed by atoms with Gasteiger partial charge in [-0.2, -0.15) is 0 Å². The first-order valence-electron chi connectivity index (χ1n) is 7.08. The van der Waals surface area contributed by atoms with E-state index in [-0.39, 0.29) is 0 Å². The molecule has 1 aromatic rings. The maximum Gasteiger partial charge on any atom is 0.0464 e. The molecule has 4 heteroatoms. The van der Waals surface area contributed by atoms with E-state index in [2.05, 4.69) is 45.2 Å². The van der Waals surface area contributed by atoms with E-state index in [4.69, 9.17) is 11.6 Å². The van der Waals surface area contributed by atoms with Crippen LogP contribution in [0.25, 0.3) is 0 Å². The zero-order valence-corrected chi connectivity index (χ0v) is 13.5. The summed E-state index contributed by atoms with van der Waals surface area (Å²) in [4.78, 5) is 2.58. The maximum absolute atomic E-state index is 6.39. The minimum atomic E-state index is 0.391. The van der Waals surface area contributed by atoms with E-state index in [1.165, 1.54) is 31.4 Å². The van der Waals surface area contributed by atoms with Crippen LogP contribution < -0.4 is 5.32 Å². The fourth-order valence-electron chi connectivity index (χ4n) is 3.36. The molecule has 2 aliphatic rings. The van der Waals surface area contributed by atoms with Crippen molar-refractivity contribution in [1.82, 2.24) is 10.2 Å². The van der Waals surface area contributed by atoms with Gasteiger partial charge in [-0.15, -0.1) is 0 Å². The Kier molecular flexibility index (Phi) is 4.18. The Balaban J connectivity index is 1.77. The third kappa shape index (κ3) is 2.99. The quantitative estimate of drug-likeness (QED) is 0.873. The van der Waals surface area contributed by atoms with Crippen molar-refractivity contribution in [3.05, 3.63) is 33.3 Å². The van der Waals surface area contributed by atoms with Crippen molar-refractivity contribution in [2.75, 3.05) is 13.1 Å². The van der Waals surface area contributed by atoms with Crippen LogP contribution >= 0.6 is 27.5 Å². The van der Waals surface area contributed by atoms with E-state index < -0.39 is 0 Å². The highest BCUT2D eigenvalue weighted by Gasteiger charge is 2.31. The second-order valence-electron chi connectivity index (χ2n) is 5.76. The van der Waals surface area contributed by atoms with Crippen LogP contribution in [-0.2, 0) is 0 Å². The zero-order valence-electron chi connectivity index (χ0n) is 11.2. The standard InChI is InChI=1S/C15H20BrClN2/c1-10(14-5-2-11(16)8-15(14)17)19-7-6-12-3-4-13(9-19)18-12/h2,5,8,10,12-13,18H,3-4,6-7,9H2,1H3. The van der Waals surface area contributed by atoms with Gasteiger partial charge in [-0.3, -0.25) is 4.90 Å². The maximum atomic E-state index is 6.39. The number of nitrogens with one attached hydrogen (secondary N) is 1.